The zero-order valence-electron chi connectivity index (χ0n) is 9.64. The highest BCUT2D eigenvalue weighted by Crippen LogP contribution is 1.94. The van der Waals surface area contributed by atoms with Crippen molar-refractivity contribution >= 4 is 22.0 Å². The highest BCUT2D eigenvalue weighted by Gasteiger charge is 2.13. The van der Waals surface area contributed by atoms with E-state index < -0.39 is 22.0 Å². The quantitative estimate of drug-likeness (QED) is 0.439. The maximum atomic E-state index is 11.3. The van der Waals surface area contributed by atoms with Crippen molar-refractivity contribution in [3.05, 3.63) is 0 Å². The second-order valence-corrected chi connectivity index (χ2v) is 5.19. The van der Waals surface area contributed by atoms with Gasteiger partial charge in [-0.1, -0.05) is 0 Å². The smallest absolute Gasteiger partial charge is 0.306 e. The fourth-order valence-corrected chi connectivity index (χ4v) is 2.03. The zero-order valence-corrected chi connectivity index (χ0v) is 10.5. The molecule has 0 rings (SSSR count). The summed E-state index contributed by atoms with van der Waals surface area (Å²) in [6.45, 7) is 1.90. The number of hydrogen-bond donors (Lipinski definition) is 2. The summed E-state index contributed by atoms with van der Waals surface area (Å²) in [5.41, 5.74) is 0. The predicted molar refractivity (Wildman–Crippen MR) is 59.9 cm³/mol. The zero-order chi connectivity index (χ0) is 13.3. The van der Waals surface area contributed by atoms with E-state index >= 15 is 0 Å². The van der Waals surface area contributed by atoms with Gasteiger partial charge in [-0.2, -0.15) is 0 Å². The van der Waals surface area contributed by atoms with E-state index in [9.17, 15) is 18.0 Å². The normalized spacial score (nSPS) is 11.1. The number of carbonyl (C=O) groups excluding carboxylic acids is 1. The Morgan fingerprint density at radius 1 is 1.29 bits per heavy atom. The summed E-state index contributed by atoms with van der Waals surface area (Å²) in [6, 6.07) is 0. The fourth-order valence-electron chi connectivity index (χ4n) is 0.990. The molecule has 0 saturated heterocycles. The van der Waals surface area contributed by atoms with E-state index in [0.29, 0.717) is 0 Å². The summed E-state index contributed by atoms with van der Waals surface area (Å²) >= 11 is 0. The molecule has 0 spiro atoms. The Balaban J connectivity index is 3.80. The number of carboxylic acid groups (broad SMARTS) is 1. The van der Waals surface area contributed by atoms with Crippen LogP contribution in [0.5, 0.6) is 0 Å². The first-order chi connectivity index (χ1) is 7.87. The highest BCUT2D eigenvalue weighted by atomic mass is 32.2. The molecule has 8 heteroatoms. The number of carbonyl (C=O) groups is 2. The third-order valence-corrected chi connectivity index (χ3v) is 3.16. The van der Waals surface area contributed by atoms with Gasteiger partial charge in [-0.05, 0) is 13.3 Å². The van der Waals surface area contributed by atoms with Crippen LogP contribution in [0.2, 0.25) is 0 Å². The SMILES string of the molecule is CCOC(=O)CCS(=O)(=O)NCCCC(=O)O. The molecule has 0 saturated carbocycles. The molecule has 2 N–H and O–H groups in total. The van der Waals surface area contributed by atoms with Gasteiger partial charge in [0.25, 0.3) is 0 Å². The Morgan fingerprint density at radius 2 is 1.94 bits per heavy atom. The molecule has 0 atom stereocenters. The lowest BCUT2D eigenvalue weighted by molar-refractivity contribution is -0.142. The van der Waals surface area contributed by atoms with E-state index in [1.807, 2.05) is 0 Å². The standard InChI is InChI=1S/C9H17NO6S/c1-2-16-9(13)5-7-17(14,15)10-6-3-4-8(11)12/h10H,2-7H2,1H3,(H,11,12). The van der Waals surface area contributed by atoms with Gasteiger partial charge in [0, 0.05) is 13.0 Å². The molecule has 0 aromatic rings. The van der Waals surface area contributed by atoms with Crippen LogP contribution in [0.25, 0.3) is 0 Å². The number of carboxylic acids is 1. The van der Waals surface area contributed by atoms with E-state index in [4.69, 9.17) is 5.11 Å². The van der Waals surface area contributed by atoms with Crippen LogP contribution in [0.15, 0.2) is 0 Å². The maximum Gasteiger partial charge on any atom is 0.306 e. The Bertz CT molecular complexity index is 350. The molecule has 100 valence electrons. The topological polar surface area (TPSA) is 110 Å². The van der Waals surface area contributed by atoms with Crippen molar-refractivity contribution in [1.82, 2.24) is 4.72 Å². The van der Waals surface area contributed by atoms with E-state index in [0.717, 1.165) is 0 Å². The summed E-state index contributed by atoms with van der Waals surface area (Å²) in [7, 11) is -3.54. The van der Waals surface area contributed by atoms with Crippen molar-refractivity contribution in [2.24, 2.45) is 0 Å². The van der Waals surface area contributed by atoms with E-state index in [1.54, 1.807) is 6.92 Å². The van der Waals surface area contributed by atoms with Gasteiger partial charge in [0.05, 0.1) is 18.8 Å². The Morgan fingerprint density at radius 3 is 2.47 bits per heavy atom. The number of esters is 1. The van der Waals surface area contributed by atoms with Crippen molar-refractivity contribution in [2.45, 2.75) is 26.2 Å². The summed E-state index contributed by atoms with van der Waals surface area (Å²) in [5.74, 6) is -1.89. The molecule has 0 bridgehead atoms. The molecule has 0 aromatic carbocycles. The lowest BCUT2D eigenvalue weighted by Gasteiger charge is -2.05. The first-order valence-corrected chi connectivity index (χ1v) is 6.87. The minimum absolute atomic E-state index is 0.0530. The number of ether oxygens (including phenoxy) is 1. The van der Waals surface area contributed by atoms with Crippen LogP contribution in [0.1, 0.15) is 26.2 Å². The third-order valence-electron chi connectivity index (χ3n) is 1.77. The molecule has 0 fully saturated rings. The van der Waals surface area contributed by atoms with Crippen molar-refractivity contribution in [3.63, 3.8) is 0 Å². The Kier molecular flexibility index (Phi) is 7.47. The number of nitrogens with one attached hydrogen (secondary N) is 1. The number of sulfonamides is 1. The largest absolute Gasteiger partial charge is 0.481 e. The second-order valence-electron chi connectivity index (χ2n) is 3.27. The summed E-state index contributed by atoms with van der Waals surface area (Å²) in [5, 5.41) is 8.34. The van der Waals surface area contributed by atoms with Crippen molar-refractivity contribution in [3.8, 4) is 0 Å². The minimum atomic E-state index is -3.54. The van der Waals surface area contributed by atoms with E-state index in [1.165, 1.54) is 0 Å². The summed E-state index contributed by atoms with van der Waals surface area (Å²) < 4.78 is 29.4. The van der Waals surface area contributed by atoms with Gasteiger partial charge in [0.2, 0.25) is 10.0 Å². The van der Waals surface area contributed by atoms with Gasteiger partial charge in [-0.15, -0.1) is 0 Å². The summed E-state index contributed by atoms with van der Waals surface area (Å²) in [6.07, 6.45) is -0.0868. The third kappa shape index (κ3) is 9.76. The van der Waals surface area contributed by atoms with Crippen molar-refractivity contribution in [1.29, 1.82) is 0 Å². The van der Waals surface area contributed by atoms with E-state index in [2.05, 4.69) is 9.46 Å². The van der Waals surface area contributed by atoms with Crippen molar-refractivity contribution < 1.29 is 27.9 Å². The summed E-state index contributed by atoms with van der Waals surface area (Å²) in [4.78, 5) is 21.1. The van der Waals surface area contributed by atoms with Gasteiger partial charge in [0.15, 0.2) is 0 Å². The molecule has 0 aliphatic heterocycles. The maximum absolute atomic E-state index is 11.3. The average molecular weight is 267 g/mol. The first-order valence-electron chi connectivity index (χ1n) is 5.22. The van der Waals surface area contributed by atoms with E-state index in [-0.39, 0.29) is 38.2 Å². The van der Waals surface area contributed by atoms with Crippen LogP contribution in [0, 0.1) is 0 Å². The molecule has 0 aliphatic carbocycles. The van der Waals surface area contributed by atoms with Crippen LogP contribution in [-0.4, -0.2) is 44.4 Å². The fraction of sp³-hybridized carbons (Fsp3) is 0.778. The lowest BCUT2D eigenvalue weighted by Crippen LogP contribution is -2.29. The molecule has 0 heterocycles. The highest BCUT2D eigenvalue weighted by molar-refractivity contribution is 7.89. The van der Waals surface area contributed by atoms with Gasteiger partial charge in [-0.3, -0.25) is 9.59 Å². The molecule has 0 unspecified atom stereocenters. The molecule has 0 aliphatic rings. The van der Waals surface area contributed by atoms with Crippen LogP contribution in [0.3, 0.4) is 0 Å². The average Bonchev–Trinajstić information content (AvgIpc) is 2.22. The van der Waals surface area contributed by atoms with Gasteiger partial charge in [-0.25, -0.2) is 13.1 Å². The van der Waals surface area contributed by atoms with Gasteiger partial charge >= 0.3 is 11.9 Å². The van der Waals surface area contributed by atoms with Crippen LogP contribution in [0.4, 0.5) is 0 Å². The minimum Gasteiger partial charge on any atom is -0.481 e. The van der Waals surface area contributed by atoms with Gasteiger partial charge < -0.3 is 9.84 Å². The van der Waals surface area contributed by atoms with Crippen LogP contribution in [-0.2, 0) is 24.3 Å². The van der Waals surface area contributed by atoms with Crippen LogP contribution < -0.4 is 4.72 Å². The molecule has 0 aromatic heterocycles. The molecule has 7 nitrogen and oxygen atoms in total. The van der Waals surface area contributed by atoms with Crippen molar-refractivity contribution in [2.75, 3.05) is 18.9 Å². The molecule has 0 radical (unpaired) electrons. The lowest BCUT2D eigenvalue weighted by atomic mass is 10.3. The molecular formula is C9H17NO6S. The molecule has 0 amide bonds. The van der Waals surface area contributed by atoms with Crippen LogP contribution >= 0.6 is 0 Å². The number of rotatable bonds is 9. The number of aliphatic carboxylic acids is 1. The molecule has 17 heavy (non-hydrogen) atoms. The number of hydrogen-bond acceptors (Lipinski definition) is 5. The molecular weight excluding hydrogens is 250 g/mol. The Labute approximate surface area is 100 Å². The monoisotopic (exact) mass is 267 g/mol. The Hall–Kier alpha value is -1.15. The predicted octanol–water partition coefficient (Wildman–Crippen LogP) is -0.276. The van der Waals surface area contributed by atoms with Gasteiger partial charge in [0.1, 0.15) is 0 Å². The first kappa shape index (κ1) is 15.9. The second kappa shape index (κ2) is 8.02.